The third kappa shape index (κ3) is 4.79. The summed E-state index contributed by atoms with van der Waals surface area (Å²) in [6, 6.07) is 6.00. The van der Waals surface area contributed by atoms with Crippen LogP contribution in [0.2, 0.25) is 0 Å². The number of rotatable bonds is 6. The Morgan fingerprint density at radius 2 is 1.94 bits per heavy atom. The van der Waals surface area contributed by atoms with Gasteiger partial charge in [-0.05, 0) is 37.6 Å². The average Bonchev–Trinajstić information content (AvgIpc) is 2.30. The van der Waals surface area contributed by atoms with Gasteiger partial charge in [-0.1, -0.05) is 18.2 Å². The molecule has 0 fully saturated rings. The summed E-state index contributed by atoms with van der Waals surface area (Å²) in [7, 11) is 1.81. The summed E-state index contributed by atoms with van der Waals surface area (Å²) in [6.07, 6.45) is -1.15. The van der Waals surface area contributed by atoms with Crippen molar-refractivity contribution < 1.29 is 17.9 Å². The molecule has 1 atom stereocenters. The van der Waals surface area contributed by atoms with Crippen LogP contribution in [-0.2, 0) is 0 Å². The van der Waals surface area contributed by atoms with Crippen LogP contribution in [0.5, 0.6) is 5.75 Å². The summed E-state index contributed by atoms with van der Waals surface area (Å²) in [5.74, 6) is -0.204. The normalized spacial score (nSPS) is 13.1. The molecule has 0 bridgehead atoms. The van der Waals surface area contributed by atoms with Gasteiger partial charge in [-0.2, -0.15) is 0 Å². The summed E-state index contributed by atoms with van der Waals surface area (Å²) < 4.78 is 39.8. The molecule has 1 N–H and O–H groups in total. The van der Waals surface area contributed by atoms with Crippen molar-refractivity contribution in [1.29, 1.82) is 0 Å². The molecule has 100 valence electrons. The number of alkyl halides is 3. The maximum absolute atomic E-state index is 12.0. The number of halogens is 3. The molecule has 1 rings (SSSR count). The molecule has 0 amide bonds. The Morgan fingerprint density at radius 3 is 2.39 bits per heavy atom. The molecule has 18 heavy (non-hydrogen) atoms. The molecular weight excluding hydrogens is 243 g/mol. The second-order valence-electron chi connectivity index (χ2n) is 3.82. The molecule has 1 aromatic carbocycles. The number of benzene rings is 1. The fraction of sp³-hybridized carbons (Fsp3) is 0.385. The first-order valence-corrected chi connectivity index (χ1v) is 5.60. The third-order valence-electron chi connectivity index (χ3n) is 2.52. The van der Waals surface area contributed by atoms with Crippen LogP contribution >= 0.6 is 0 Å². The Hall–Kier alpha value is -1.49. The zero-order valence-electron chi connectivity index (χ0n) is 10.1. The summed E-state index contributed by atoms with van der Waals surface area (Å²) in [5, 5.41) is 3.11. The molecule has 5 heteroatoms. The van der Waals surface area contributed by atoms with Gasteiger partial charge in [-0.3, -0.25) is 0 Å². The second-order valence-corrected chi connectivity index (χ2v) is 3.82. The van der Waals surface area contributed by atoms with Crippen molar-refractivity contribution in [1.82, 2.24) is 5.32 Å². The minimum atomic E-state index is -4.65. The lowest BCUT2D eigenvalue weighted by atomic mass is 10.0. The van der Waals surface area contributed by atoms with Crippen molar-refractivity contribution >= 4 is 0 Å². The van der Waals surface area contributed by atoms with E-state index in [0.29, 0.717) is 0 Å². The molecule has 0 spiro atoms. The Kier molecular flexibility index (Phi) is 5.22. The van der Waals surface area contributed by atoms with Gasteiger partial charge in [0.2, 0.25) is 0 Å². The minimum absolute atomic E-state index is 0.0999. The van der Waals surface area contributed by atoms with Gasteiger partial charge in [0, 0.05) is 6.04 Å². The fourth-order valence-corrected chi connectivity index (χ4v) is 1.66. The van der Waals surface area contributed by atoms with Crippen molar-refractivity contribution in [2.75, 3.05) is 7.05 Å². The van der Waals surface area contributed by atoms with Crippen molar-refractivity contribution in [3.05, 3.63) is 42.5 Å². The second kappa shape index (κ2) is 6.44. The number of ether oxygens (including phenoxy) is 1. The minimum Gasteiger partial charge on any atom is -0.406 e. The molecule has 1 unspecified atom stereocenters. The Balaban J connectivity index is 2.71. The molecule has 0 aliphatic heterocycles. The van der Waals surface area contributed by atoms with E-state index in [9.17, 15) is 13.2 Å². The standard InChI is InChI=1S/C13H16F3NO/c1-3-4-5-12(17-2)10-6-8-11(9-7-10)18-13(14,15)16/h3,6-9,12,17H,1,4-5H2,2H3. The third-order valence-corrected chi connectivity index (χ3v) is 2.52. The number of allylic oxidation sites excluding steroid dienone is 1. The van der Waals surface area contributed by atoms with E-state index in [1.807, 2.05) is 13.1 Å². The maximum Gasteiger partial charge on any atom is 0.573 e. The Bertz CT molecular complexity index is 373. The number of nitrogens with one attached hydrogen (secondary N) is 1. The summed E-state index contributed by atoms with van der Waals surface area (Å²) in [4.78, 5) is 0. The van der Waals surface area contributed by atoms with Crippen LogP contribution in [-0.4, -0.2) is 13.4 Å². The van der Waals surface area contributed by atoms with Crippen molar-refractivity contribution in [2.24, 2.45) is 0 Å². The van der Waals surface area contributed by atoms with Crippen molar-refractivity contribution in [2.45, 2.75) is 25.2 Å². The molecule has 0 aliphatic carbocycles. The van der Waals surface area contributed by atoms with Gasteiger partial charge in [-0.25, -0.2) is 0 Å². The number of hydrogen-bond donors (Lipinski definition) is 1. The highest BCUT2D eigenvalue weighted by Gasteiger charge is 2.31. The van der Waals surface area contributed by atoms with Gasteiger partial charge in [-0.15, -0.1) is 19.8 Å². The van der Waals surface area contributed by atoms with Crippen LogP contribution in [0.15, 0.2) is 36.9 Å². The average molecular weight is 259 g/mol. The first-order chi connectivity index (χ1) is 8.46. The summed E-state index contributed by atoms with van der Waals surface area (Å²) in [5.41, 5.74) is 0.925. The Morgan fingerprint density at radius 1 is 1.33 bits per heavy atom. The molecule has 2 nitrogen and oxygen atoms in total. The molecular formula is C13H16F3NO. The number of hydrogen-bond acceptors (Lipinski definition) is 2. The van der Waals surface area contributed by atoms with Crippen LogP contribution in [0, 0.1) is 0 Å². The SMILES string of the molecule is C=CCCC(NC)c1ccc(OC(F)(F)F)cc1. The van der Waals surface area contributed by atoms with Crippen molar-refractivity contribution in [3.63, 3.8) is 0 Å². The Labute approximate surface area is 104 Å². The zero-order valence-corrected chi connectivity index (χ0v) is 10.1. The van der Waals surface area contributed by atoms with E-state index in [4.69, 9.17) is 0 Å². The highest BCUT2D eigenvalue weighted by Crippen LogP contribution is 2.25. The van der Waals surface area contributed by atoms with E-state index in [0.717, 1.165) is 18.4 Å². The van der Waals surface area contributed by atoms with Crippen LogP contribution in [0.3, 0.4) is 0 Å². The lowest BCUT2D eigenvalue weighted by Crippen LogP contribution is -2.18. The largest absolute Gasteiger partial charge is 0.573 e. The van der Waals surface area contributed by atoms with Crippen LogP contribution in [0.4, 0.5) is 13.2 Å². The van der Waals surface area contributed by atoms with Gasteiger partial charge >= 0.3 is 6.36 Å². The van der Waals surface area contributed by atoms with Gasteiger partial charge in [0.25, 0.3) is 0 Å². The molecule has 0 aliphatic rings. The van der Waals surface area contributed by atoms with Gasteiger partial charge < -0.3 is 10.1 Å². The van der Waals surface area contributed by atoms with Crippen LogP contribution in [0.1, 0.15) is 24.4 Å². The van der Waals surface area contributed by atoms with E-state index in [-0.39, 0.29) is 11.8 Å². The lowest BCUT2D eigenvalue weighted by molar-refractivity contribution is -0.274. The van der Waals surface area contributed by atoms with Gasteiger partial charge in [0.1, 0.15) is 5.75 Å². The van der Waals surface area contributed by atoms with Crippen LogP contribution < -0.4 is 10.1 Å². The first kappa shape index (κ1) is 14.6. The topological polar surface area (TPSA) is 21.3 Å². The first-order valence-electron chi connectivity index (χ1n) is 5.60. The molecule has 0 aromatic heterocycles. The van der Waals surface area contributed by atoms with Gasteiger partial charge in [0.15, 0.2) is 0 Å². The quantitative estimate of drug-likeness (QED) is 0.784. The zero-order chi connectivity index (χ0) is 13.6. The molecule has 0 heterocycles. The van der Waals surface area contributed by atoms with E-state index in [2.05, 4.69) is 16.6 Å². The van der Waals surface area contributed by atoms with E-state index in [1.165, 1.54) is 12.1 Å². The van der Waals surface area contributed by atoms with E-state index >= 15 is 0 Å². The highest BCUT2D eigenvalue weighted by atomic mass is 19.4. The predicted molar refractivity (Wildman–Crippen MR) is 64.4 cm³/mol. The van der Waals surface area contributed by atoms with E-state index < -0.39 is 6.36 Å². The monoisotopic (exact) mass is 259 g/mol. The predicted octanol–water partition coefficient (Wildman–Crippen LogP) is 3.81. The van der Waals surface area contributed by atoms with Gasteiger partial charge in [0.05, 0.1) is 0 Å². The fourth-order valence-electron chi connectivity index (χ4n) is 1.66. The molecule has 0 radical (unpaired) electrons. The molecule has 1 aromatic rings. The smallest absolute Gasteiger partial charge is 0.406 e. The lowest BCUT2D eigenvalue weighted by Gasteiger charge is -2.16. The summed E-state index contributed by atoms with van der Waals surface area (Å²) >= 11 is 0. The van der Waals surface area contributed by atoms with Crippen LogP contribution in [0.25, 0.3) is 0 Å². The highest BCUT2D eigenvalue weighted by molar-refractivity contribution is 5.29. The molecule has 0 saturated carbocycles. The maximum atomic E-state index is 12.0. The molecule has 0 saturated heterocycles. The summed E-state index contributed by atoms with van der Waals surface area (Å²) in [6.45, 7) is 3.64. The van der Waals surface area contributed by atoms with Crippen molar-refractivity contribution in [3.8, 4) is 5.75 Å². The van der Waals surface area contributed by atoms with E-state index in [1.54, 1.807) is 12.1 Å².